The second-order valence-corrected chi connectivity index (χ2v) is 8.31. The number of aryl methyl sites for hydroxylation is 1. The van der Waals surface area contributed by atoms with Gasteiger partial charge in [-0.2, -0.15) is 5.10 Å². The van der Waals surface area contributed by atoms with E-state index in [0.717, 1.165) is 37.0 Å². The fourth-order valence-corrected chi connectivity index (χ4v) is 5.61. The summed E-state index contributed by atoms with van der Waals surface area (Å²) in [5, 5.41) is 26.6. The Balaban J connectivity index is 1.41. The largest absolute Gasteiger partial charge is 0.505 e. The van der Waals surface area contributed by atoms with Crippen LogP contribution in [0.2, 0.25) is 0 Å². The van der Waals surface area contributed by atoms with Gasteiger partial charge in [-0.3, -0.25) is 4.98 Å². The quantitative estimate of drug-likeness (QED) is 0.489. The first-order chi connectivity index (χ1) is 12.5. The van der Waals surface area contributed by atoms with Crippen molar-refractivity contribution in [3.8, 4) is 5.75 Å². The number of hydrogen-bond acceptors (Lipinski definition) is 5. The molecule has 4 saturated carbocycles. The molecule has 26 heavy (non-hydrogen) atoms. The SMILES string of the molecule is Cc1ncc(CO)c(/C=N/NC(=O)NC23CC4CC(CC(C4)C2)C3)c1O. The molecular weight excluding hydrogens is 332 g/mol. The topological polar surface area (TPSA) is 107 Å². The number of rotatable bonds is 4. The van der Waals surface area contributed by atoms with Crippen LogP contribution in [0.5, 0.6) is 5.75 Å². The third kappa shape index (κ3) is 3.16. The second-order valence-electron chi connectivity index (χ2n) is 8.31. The molecule has 2 amide bonds. The van der Waals surface area contributed by atoms with Crippen molar-refractivity contribution in [1.29, 1.82) is 0 Å². The zero-order chi connectivity index (χ0) is 18.3. The number of hydrazone groups is 1. The Morgan fingerprint density at radius 2 is 1.92 bits per heavy atom. The lowest BCUT2D eigenvalue weighted by Gasteiger charge is -2.56. The number of urea groups is 1. The summed E-state index contributed by atoms with van der Waals surface area (Å²) in [5.41, 5.74) is 3.72. The molecule has 4 aliphatic rings. The van der Waals surface area contributed by atoms with E-state index < -0.39 is 0 Å². The van der Waals surface area contributed by atoms with Crippen molar-refractivity contribution in [3.05, 3.63) is 23.0 Å². The highest BCUT2D eigenvalue weighted by Gasteiger charge is 2.51. The maximum atomic E-state index is 12.4. The first-order valence-corrected chi connectivity index (χ1v) is 9.37. The van der Waals surface area contributed by atoms with E-state index in [1.807, 2.05) is 0 Å². The molecular formula is C19H26N4O3. The number of aliphatic hydroxyl groups excluding tert-OH is 1. The molecule has 0 aromatic carbocycles. The molecule has 0 aliphatic heterocycles. The molecule has 1 aromatic rings. The van der Waals surface area contributed by atoms with Gasteiger partial charge >= 0.3 is 6.03 Å². The summed E-state index contributed by atoms with van der Waals surface area (Å²) in [6.45, 7) is 1.41. The van der Waals surface area contributed by atoms with E-state index in [4.69, 9.17) is 0 Å². The number of nitrogens with zero attached hydrogens (tertiary/aromatic N) is 2. The number of hydrogen-bond donors (Lipinski definition) is 4. The van der Waals surface area contributed by atoms with Gasteiger partial charge in [0, 0.05) is 22.9 Å². The molecule has 7 nitrogen and oxygen atoms in total. The number of pyridine rings is 1. The Morgan fingerprint density at radius 3 is 2.50 bits per heavy atom. The van der Waals surface area contributed by atoms with Gasteiger partial charge in [0.2, 0.25) is 0 Å². The van der Waals surface area contributed by atoms with Gasteiger partial charge in [-0.15, -0.1) is 0 Å². The molecule has 1 heterocycles. The Kier molecular flexibility index (Phi) is 4.34. The molecule has 4 bridgehead atoms. The van der Waals surface area contributed by atoms with Crippen LogP contribution >= 0.6 is 0 Å². The summed E-state index contributed by atoms with van der Waals surface area (Å²) in [5.74, 6) is 2.24. The van der Waals surface area contributed by atoms with Crippen LogP contribution in [0.25, 0.3) is 0 Å². The lowest BCUT2D eigenvalue weighted by Crippen LogP contribution is -2.61. The van der Waals surface area contributed by atoms with E-state index in [2.05, 4.69) is 20.8 Å². The van der Waals surface area contributed by atoms with E-state index in [1.54, 1.807) is 6.92 Å². The van der Waals surface area contributed by atoms with Gasteiger partial charge in [-0.25, -0.2) is 10.2 Å². The van der Waals surface area contributed by atoms with Gasteiger partial charge in [-0.1, -0.05) is 0 Å². The smallest absolute Gasteiger partial charge is 0.335 e. The van der Waals surface area contributed by atoms with E-state index in [0.29, 0.717) is 16.8 Å². The Bertz CT molecular complexity index is 711. The van der Waals surface area contributed by atoms with Gasteiger partial charge in [0.05, 0.1) is 18.5 Å². The monoisotopic (exact) mass is 358 g/mol. The first kappa shape index (κ1) is 17.3. The highest BCUT2D eigenvalue weighted by Crippen LogP contribution is 2.55. The molecule has 0 atom stereocenters. The molecule has 140 valence electrons. The zero-order valence-electron chi connectivity index (χ0n) is 15.0. The average Bonchev–Trinajstić information content (AvgIpc) is 2.57. The van der Waals surface area contributed by atoms with Crippen LogP contribution < -0.4 is 10.7 Å². The molecule has 5 rings (SSSR count). The van der Waals surface area contributed by atoms with E-state index >= 15 is 0 Å². The van der Waals surface area contributed by atoms with Gasteiger partial charge < -0.3 is 15.5 Å². The molecule has 0 unspecified atom stereocenters. The minimum atomic E-state index is -0.306. The fraction of sp³-hybridized carbons (Fsp3) is 0.632. The summed E-state index contributed by atoms with van der Waals surface area (Å²) >= 11 is 0. The van der Waals surface area contributed by atoms with Crippen LogP contribution in [0, 0.1) is 24.7 Å². The van der Waals surface area contributed by atoms with Crippen molar-refractivity contribution in [2.24, 2.45) is 22.9 Å². The zero-order valence-corrected chi connectivity index (χ0v) is 15.0. The van der Waals surface area contributed by atoms with Crippen LogP contribution in [-0.4, -0.2) is 33.0 Å². The van der Waals surface area contributed by atoms with Crippen LogP contribution in [-0.2, 0) is 6.61 Å². The number of nitrogens with one attached hydrogen (secondary N) is 2. The van der Waals surface area contributed by atoms with Gasteiger partial charge in [0.25, 0.3) is 0 Å². The highest BCUT2D eigenvalue weighted by atomic mass is 16.3. The van der Waals surface area contributed by atoms with Gasteiger partial charge in [-0.05, 0) is 63.2 Å². The predicted molar refractivity (Wildman–Crippen MR) is 96.7 cm³/mol. The Hall–Kier alpha value is -2.15. The van der Waals surface area contributed by atoms with E-state index in [-0.39, 0.29) is 23.9 Å². The molecule has 0 spiro atoms. The van der Waals surface area contributed by atoms with Crippen molar-refractivity contribution in [1.82, 2.24) is 15.7 Å². The first-order valence-electron chi connectivity index (χ1n) is 9.37. The van der Waals surface area contributed by atoms with E-state index in [9.17, 15) is 15.0 Å². The fourth-order valence-electron chi connectivity index (χ4n) is 5.61. The molecule has 0 saturated heterocycles. The summed E-state index contributed by atoms with van der Waals surface area (Å²) in [6, 6.07) is -0.306. The van der Waals surface area contributed by atoms with Crippen molar-refractivity contribution in [3.63, 3.8) is 0 Å². The maximum Gasteiger partial charge on any atom is 0.335 e. The van der Waals surface area contributed by atoms with Crippen LogP contribution in [0.3, 0.4) is 0 Å². The third-order valence-corrected chi connectivity index (χ3v) is 6.30. The van der Waals surface area contributed by atoms with Crippen molar-refractivity contribution in [2.75, 3.05) is 0 Å². The number of aromatic hydroxyl groups is 1. The second kappa shape index (κ2) is 6.54. The van der Waals surface area contributed by atoms with Gasteiger partial charge in [0.1, 0.15) is 5.75 Å². The van der Waals surface area contributed by atoms with Gasteiger partial charge in [0.15, 0.2) is 0 Å². The predicted octanol–water partition coefficient (Wildman–Crippen LogP) is 2.19. The molecule has 7 heteroatoms. The lowest BCUT2D eigenvalue weighted by atomic mass is 9.53. The number of carbonyl (C=O) groups is 1. The average molecular weight is 358 g/mol. The van der Waals surface area contributed by atoms with E-state index in [1.165, 1.54) is 31.7 Å². The Morgan fingerprint density at radius 1 is 1.31 bits per heavy atom. The lowest BCUT2D eigenvalue weighted by molar-refractivity contribution is -0.0135. The van der Waals surface area contributed by atoms with Crippen LogP contribution in [0.1, 0.15) is 55.3 Å². The number of carbonyl (C=O) groups excluding carboxylic acids is 1. The van der Waals surface area contributed by atoms with Crippen molar-refractivity contribution in [2.45, 2.75) is 57.6 Å². The number of amides is 2. The highest BCUT2D eigenvalue weighted by molar-refractivity contribution is 5.86. The number of aromatic nitrogens is 1. The third-order valence-electron chi connectivity index (χ3n) is 6.30. The molecule has 4 aliphatic carbocycles. The van der Waals surface area contributed by atoms with Crippen molar-refractivity contribution >= 4 is 12.2 Å². The van der Waals surface area contributed by atoms with Crippen LogP contribution in [0.4, 0.5) is 4.79 Å². The Labute approximate surface area is 152 Å². The van der Waals surface area contributed by atoms with Crippen molar-refractivity contribution < 1.29 is 15.0 Å². The molecule has 4 N–H and O–H groups in total. The molecule has 1 aromatic heterocycles. The standard InChI is InChI=1S/C19H26N4O3/c1-11-17(25)16(15(10-24)8-20-11)9-21-23-18(26)22-19-5-12-2-13(6-19)4-14(3-12)7-19/h8-9,12-14,24-25H,2-7,10H2,1H3,(H2,22,23,26)/b21-9+. The minimum absolute atomic E-state index is 0.0383. The summed E-state index contributed by atoms with van der Waals surface area (Å²) in [6.07, 6.45) is 10.1. The number of aliphatic hydroxyl groups is 1. The summed E-state index contributed by atoms with van der Waals surface area (Å²) in [7, 11) is 0. The maximum absolute atomic E-state index is 12.4. The normalized spacial score (nSPS) is 32.2. The van der Waals surface area contributed by atoms with Crippen LogP contribution in [0.15, 0.2) is 11.3 Å². The minimum Gasteiger partial charge on any atom is -0.505 e. The summed E-state index contributed by atoms with van der Waals surface area (Å²) < 4.78 is 0. The molecule has 0 radical (unpaired) electrons. The molecule has 4 fully saturated rings. The summed E-state index contributed by atoms with van der Waals surface area (Å²) in [4.78, 5) is 16.4.